The van der Waals surface area contributed by atoms with Crippen LogP contribution in [0, 0.1) is 30.0 Å². The van der Waals surface area contributed by atoms with Gasteiger partial charge in [-0.25, -0.2) is 4.39 Å². The maximum Gasteiger partial charge on any atom is 0.123 e. The zero-order valence-corrected chi connectivity index (χ0v) is 9.24. The Balaban J connectivity index is 1.79. The van der Waals surface area contributed by atoms with Crippen LogP contribution in [0.25, 0.3) is 0 Å². The summed E-state index contributed by atoms with van der Waals surface area (Å²) in [6, 6.07) is 6.15. The van der Waals surface area contributed by atoms with Crippen LogP contribution in [-0.4, -0.2) is 6.10 Å². The van der Waals surface area contributed by atoms with E-state index in [4.69, 9.17) is 4.74 Å². The van der Waals surface area contributed by atoms with Gasteiger partial charge in [0.05, 0.1) is 0 Å². The Kier molecular flexibility index (Phi) is 3.46. The first-order chi connectivity index (χ1) is 7.78. The molecule has 2 rings (SSSR count). The number of ether oxygens (including phenoxy) is 1. The van der Waals surface area contributed by atoms with Crippen LogP contribution in [0.5, 0.6) is 5.75 Å². The lowest BCUT2D eigenvalue weighted by Gasteiger charge is -2.32. The highest BCUT2D eigenvalue weighted by atomic mass is 19.1. The molecule has 16 heavy (non-hydrogen) atoms. The van der Waals surface area contributed by atoms with Gasteiger partial charge in [0.2, 0.25) is 0 Å². The normalized spacial score (nSPS) is 22.9. The highest BCUT2D eigenvalue weighted by Gasteiger charge is 2.29. The minimum absolute atomic E-state index is 0.233. The highest BCUT2D eigenvalue weighted by molar-refractivity contribution is 5.23. The summed E-state index contributed by atoms with van der Waals surface area (Å²) in [5, 5.41) is 0. The van der Waals surface area contributed by atoms with Crippen molar-refractivity contribution in [3.63, 3.8) is 0 Å². The molecule has 0 spiro atoms. The quantitative estimate of drug-likeness (QED) is 0.691. The number of halogens is 1. The zero-order valence-electron chi connectivity index (χ0n) is 9.24. The van der Waals surface area contributed by atoms with Crippen LogP contribution >= 0.6 is 0 Å². The van der Waals surface area contributed by atoms with E-state index in [9.17, 15) is 4.39 Å². The molecule has 1 aromatic carbocycles. The SMILES string of the molecule is C[CH]C#C[C@H]1C[C@@H](Oc2ccc(F)cc2)C1. The van der Waals surface area contributed by atoms with Gasteiger partial charge in [-0.15, -0.1) is 0 Å². The van der Waals surface area contributed by atoms with Crippen molar-refractivity contribution >= 4 is 0 Å². The molecule has 0 unspecified atom stereocenters. The highest BCUT2D eigenvalue weighted by Crippen LogP contribution is 2.30. The van der Waals surface area contributed by atoms with Gasteiger partial charge in [-0.1, -0.05) is 18.8 Å². The predicted molar refractivity (Wildman–Crippen MR) is 61.3 cm³/mol. The fourth-order valence-corrected chi connectivity index (χ4v) is 1.69. The van der Waals surface area contributed by atoms with Crippen molar-refractivity contribution in [2.24, 2.45) is 5.92 Å². The lowest BCUT2D eigenvalue weighted by atomic mass is 9.83. The van der Waals surface area contributed by atoms with Gasteiger partial charge in [0, 0.05) is 12.3 Å². The summed E-state index contributed by atoms with van der Waals surface area (Å²) in [6.45, 7) is 1.93. The Morgan fingerprint density at radius 3 is 2.62 bits per heavy atom. The molecule has 1 saturated carbocycles. The van der Waals surface area contributed by atoms with Crippen LogP contribution in [0.1, 0.15) is 19.8 Å². The van der Waals surface area contributed by atoms with Gasteiger partial charge in [-0.2, -0.15) is 0 Å². The molecule has 0 bridgehead atoms. The van der Waals surface area contributed by atoms with Crippen molar-refractivity contribution in [1.29, 1.82) is 0 Å². The molecule has 83 valence electrons. The molecule has 0 N–H and O–H groups in total. The van der Waals surface area contributed by atoms with E-state index in [2.05, 4.69) is 11.8 Å². The summed E-state index contributed by atoms with van der Waals surface area (Å²) in [5.41, 5.74) is 0. The molecular formula is C14H14FO. The minimum Gasteiger partial charge on any atom is -0.490 e. The van der Waals surface area contributed by atoms with Gasteiger partial charge in [-0.3, -0.25) is 0 Å². The summed E-state index contributed by atoms with van der Waals surface area (Å²) in [5.74, 6) is 7.07. The number of rotatable bonds is 2. The van der Waals surface area contributed by atoms with Crippen LogP contribution in [0.3, 0.4) is 0 Å². The Hall–Kier alpha value is -1.49. The standard InChI is InChI=1S/C14H14FO/c1-2-3-4-11-9-14(10-11)16-13-7-5-12(15)6-8-13/h2,5-8,11,14H,9-10H2,1H3/t11-,14+. The average Bonchev–Trinajstić information content (AvgIpc) is 2.24. The second-order valence-corrected chi connectivity index (χ2v) is 3.94. The Bertz CT molecular complexity index is 393. The largest absolute Gasteiger partial charge is 0.490 e. The van der Waals surface area contributed by atoms with Gasteiger partial charge in [0.25, 0.3) is 0 Å². The number of benzene rings is 1. The average molecular weight is 217 g/mol. The molecule has 0 amide bonds. The first kappa shape index (κ1) is 11.0. The molecule has 1 nitrogen and oxygen atoms in total. The van der Waals surface area contributed by atoms with Crippen molar-refractivity contribution in [3.8, 4) is 17.6 Å². The van der Waals surface area contributed by atoms with Crippen LogP contribution < -0.4 is 4.74 Å². The van der Waals surface area contributed by atoms with E-state index in [-0.39, 0.29) is 11.9 Å². The van der Waals surface area contributed by atoms with Gasteiger partial charge in [-0.05, 0) is 37.1 Å². The van der Waals surface area contributed by atoms with Gasteiger partial charge >= 0.3 is 0 Å². The minimum atomic E-state index is -0.233. The lowest BCUT2D eigenvalue weighted by molar-refractivity contribution is 0.0901. The molecule has 0 saturated heterocycles. The van der Waals surface area contributed by atoms with E-state index in [0.29, 0.717) is 5.92 Å². The van der Waals surface area contributed by atoms with Crippen molar-refractivity contribution in [1.82, 2.24) is 0 Å². The summed E-state index contributed by atoms with van der Waals surface area (Å²) in [7, 11) is 0. The smallest absolute Gasteiger partial charge is 0.123 e. The third-order valence-corrected chi connectivity index (χ3v) is 2.64. The molecule has 0 heterocycles. The second kappa shape index (κ2) is 5.03. The summed E-state index contributed by atoms with van der Waals surface area (Å²) in [6.07, 6.45) is 4.03. The van der Waals surface area contributed by atoms with E-state index in [1.165, 1.54) is 12.1 Å². The van der Waals surface area contributed by atoms with Crippen molar-refractivity contribution in [3.05, 3.63) is 36.5 Å². The fraction of sp³-hybridized carbons (Fsp3) is 0.357. The van der Waals surface area contributed by atoms with Crippen LogP contribution in [0.4, 0.5) is 4.39 Å². The lowest BCUT2D eigenvalue weighted by Crippen LogP contribution is -2.32. The van der Waals surface area contributed by atoms with Crippen LogP contribution in [0.15, 0.2) is 24.3 Å². The molecule has 1 aliphatic carbocycles. The number of hydrogen-bond donors (Lipinski definition) is 0. The third kappa shape index (κ3) is 2.76. The maximum absolute atomic E-state index is 12.6. The van der Waals surface area contributed by atoms with Gasteiger partial charge < -0.3 is 4.74 Å². The molecule has 1 fully saturated rings. The van der Waals surface area contributed by atoms with E-state index >= 15 is 0 Å². The monoisotopic (exact) mass is 217 g/mol. The molecule has 0 aliphatic heterocycles. The van der Waals surface area contributed by atoms with Crippen molar-refractivity contribution in [2.75, 3.05) is 0 Å². The third-order valence-electron chi connectivity index (χ3n) is 2.64. The van der Waals surface area contributed by atoms with Gasteiger partial charge in [0.1, 0.15) is 17.7 Å². The molecule has 1 radical (unpaired) electrons. The van der Waals surface area contributed by atoms with E-state index in [0.717, 1.165) is 18.6 Å². The summed E-state index contributed by atoms with van der Waals surface area (Å²) < 4.78 is 18.3. The first-order valence-corrected chi connectivity index (χ1v) is 5.49. The van der Waals surface area contributed by atoms with Gasteiger partial charge in [0.15, 0.2) is 0 Å². The van der Waals surface area contributed by atoms with Crippen molar-refractivity contribution < 1.29 is 9.13 Å². The molecular weight excluding hydrogens is 203 g/mol. The zero-order chi connectivity index (χ0) is 11.4. The topological polar surface area (TPSA) is 9.23 Å². The molecule has 1 aliphatic rings. The molecule has 0 aromatic heterocycles. The Morgan fingerprint density at radius 2 is 2.00 bits per heavy atom. The molecule has 1 aromatic rings. The second-order valence-electron chi connectivity index (χ2n) is 3.94. The van der Waals surface area contributed by atoms with Crippen LogP contribution in [0.2, 0.25) is 0 Å². The van der Waals surface area contributed by atoms with Crippen LogP contribution in [-0.2, 0) is 0 Å². The predicted octanol–water partition coefficient (Wildman–Crippen LogP) is 3.21. The molecule has 2 heteroatoms. The van der Waals surface area contributed by atoms with E-state index < -0.39 is 0 Å². The number of hydrogen-bond acceptors (Lipinski definition) is 1. The Labute approximate surface area is 95.6 Å². The molecule has 0 atom stereocenters. The summed E-state index contributed by atoms with van der Waals surface area (Å²) >= 11 is 0. The summed E-state index contributed by atoms with van der Waals surface area (Å²) in [4.78, 5) is 0. The fourth-order valence-electron chi connectivity index (χ4n) is 1.69. The Morgan fingerprint density at radius 1 is 1.31 bits per heavy atom. The maximum atomic E-state index is 12.6. The van der Waals surface area contributed by atoms with E-state index in [1.54, 1.807) is 12.1 Å². The first-order valence-electron chi connectivity index (χ1n) is 5.49. The van der Waals surface area contributed by atoms with E-state index in [1.807, 2.05) is 13.3 Å². The van der Waals surface area contributed by atoms with Crippen molar-refractivity contribution in [2.45, 2.75) is 25.9 Å².